The number of carbonyl (C=O) groups excluding carboxylic acids is 3. The van der Waals surface area contributed by atoms with Gasteiger partial charge in [0.15, 0.2) is 0 Å². The molecule has 1 unspecified atom stereocenters. The number of nitriles is 1. The zero-order valence-electron chi connectivity index (χ0n) is 7.23. The predicted molar refractivity (Wildman–Crippen MR) is 45.1 cm³/mol. The third-order valence-electron chi connectivity index (χ3n) is 1.73. The van der Waals surface area contributed by atoms with E-state index in [1.54, 1.807) is 6.07 Å². The molecule has 1 rings (SSSR count). The minimum atomic E-state index is -0.998. The predicted octanol–water partition coefficient (Wildman–Crippen LogP) is -0.462. The first-order chi connectivity index (χ1) is 6.49. The number of imide groups is 2. The van der Waals surface area contributed by atoms with E-state index in [1.807, 2.05) is 0 Å². The Morgan fingerprint density at radius 2 is 2.00 bits per heavy atom. The van der Waals surface area contributed by atoms with Gasteiger partial charge in [0.2, 0.25) is 0 Å². The van der Waals surface area contributed by atoms with E-state index in [0.29, 0.717) is 9.80 Å². The topological polar surface area (TPSA) is 81.5 Å². The monoisotopic (exact) mass is 215 g/mol. The Morgan fingerprint density at radius 1 is 1.43 bits per heavy atom. The highest BCUT2D eigenvalue weighted by Crippen LogP contribution is 2.11. The van der Waals surface area contributed by atoms with Crippen LogP contribution in [0.2, 0.25) is 0 Å². The molecule has 0 bridgehead atoms. The summed E-state index contributed by atoms with van der Waals surface area (Å²) in [7, 11) is 1.19. The zero-order chi connectivity index (χ0) is 10.9. The molecule has 0 radical (unpaired) electrons. The standard InChI is InChI=1S/C7H6ClN3O3/c1-10-5(12)6(13)11(7(10)14)3-4(8)2-9/h4H,3H2,1H3. The lowest BCUT2D eigenvalue weighted by Gasteiger charge is -2.12. The van der Waals surface area contributed by atoms with Gasteiger partial charge in [0, 0.05) is 7.05 Å². The highest BCUT2D eigenvalue weighted by Gasteiger charge is 2.42. The smallest absolute Gasteiger partial charge is 0.263 e. The van der Waals surface area contributed by atoms with Crippen LogP contribution in [-0.2, 0) is 9.59 Å². The lowest BCUT2D eigenvalue weighted by Crippen LogP contribution is -2.35. The van der Waals surface area contributed by atoms with Gasteiger partial charge in [-0.3, -0.25) is 19.4 Å². The van der Waals surface area contributed by atoms with Crippen LogP contribution in [0.25, 0.3) is 0 Å². The van der Waals surface area contributed by atoms with Gasteiger partial charge in [0.1, 0.15) is 5.38 Å². The average molecular weight is 216 g/mol. The van der Waals surface area contributed by atoms with Crippen molar-refractivity contribution in [3.05, 3.63) is 0 Å². The van der Waals surface area contributed by atoms with Gasteiger partial charge >= 0.3 is 17.8 Å². The molecule has 6 nitrogen and oxygen atoms in total. The molecule has 0 spiro atoms. The molecule has 1 saturated heterocycles. The SMILES string of the molecule is CN1C(=O)C(=O)N(CC(Cl)C#N)C1=O. The first-order valence-electron chi connectivity index (χ1n) is 3.66. The van der Waals surface area contributed by atoms with E-state index in [1.165, 1.54) is 7.05 Å². The number of halogens is 1. The molecule has 74 valence electrons. The molecule has 1 fully saturated rings. The fourth-order valence-corrected chi connectivity index (χ4v) is 1.11. The molecular formula is C7H6ClN3O3. The summed E-state index contributed by atoms with van der Waals surface area (Å²) in [6.07, 6.45) is 0. The Kier molecular flexibility index (Phi) is 2.72. The molecule has 1 atom stereocenters. The lowest BCUT2D eigenvalue weighted by atomic mass is 10.4. The van der Waals surface area contributed by atoms with Gasteiger partial charge in [0.25, 0.3) is 0 Å². The van der Waals surface area contributed by atoms with E-state index < -0.39 is 23.2 Å². The largest absolute Gasteiger partial charge is 0.334 e. The van der Waals surface area contributed by atoms with Gasteiger partial charge in [0.05, 0.1) is 12.6 Å². The van der Waals surface area contributed by atoms with E-state index in [9.17, 15) is 14.4 Å². The van der Waals surface area contributed by atoms with Gasteiger partial charge in [-0.05, 0) is 0 Å². The summed E-state index contributed by atoms with van der Waals surface area (Å²) in [5, 5.41) is 7.37. The Bertz CT molecular complexity index is 349. The van der Waals surface area contributed by atoms with Gasteiger partial charge in [-0.2, -0.15) is 5.26 Å². The summed E-state index contributed by atoms with van der Waals surface area (Å²) in [6.45, 7) is -0.272. The van der Waals surface area contributed by atoms with Crippen molar-refractivity contribution >= 4 is 29.4 Å². The van der Waals surface area contributed by atoms with E-state index in [2.05, 4.69) is 0 Å². The molecular weight excluding hydrogens is 210 g/mol. The van der Waals surface area contributed by atoms with Crippen LogP contribution < -0.4 is 0 Å². The molecule has 0 saturated carbocycles. The van der Waals surface area contributed by atoms with Crippen LogP contribution in [0.15, 0.2) is 0 Å². The first kappa shape index (κ1) is 10.5. The Hall–Kier alpha value is -1.61. The van der Waals surface area contributed by atoms with Crippen molar-refractivity contribution in [1.82, 2.24) is 9.80 Å². The molecule has 0 aromatic rings. The van der Waals surface area contributed by atoms with Crippen molar-refractivity contribution in [1.29, 1.82) is 5.26 Å². The van der Waals surface area contributed by atoms with Crippen molar-refractivity contribution < 1.29 is 14.4 Å². The minimum absolute atomic E-state index is 0.272. The van der Waals surface area contributed by atoms with Gasteiger partial charge in [-0.15, -0.1) is 11.6 Å². The second kappa shape index (κ2) is 3.64. The first-order valence-corrected chi connectivity index (χ1v) is 4.10. The third kappa shape index (κ3) is 1.54. The number of carbonyl (C=O) groups is 3. The Morgan fingerprint density at radius 3 is 2.36 bits per heavy atom. The van der Waals surface area contributed by atoms with Crippen molar-refractivity contribution in [3.63, 3.8) is 0 Å². The maximum absolute atomic E-state index is 11.2. The van der Waals surface area contributed by atoms with Crippen LogP contribution in [0.1, 0.15) is 0 Å². The van der Waals surface area contributed by atoms with Gasteiger partial charge in [-0.1, -0.05) is 0 Å². The summed E-state index contributed by atoms with van der Waals surface area (Å²) >= 11 is 5.43. The van der Waals surface area contributed by atoms with Crippen LogP contribution in [0.4, 0.5) is 4.79 Å². The zero-order valence-corrected chi connectivity index (χ0v) is 7.98. The normalized spacial score (nSPS) is 18.8. The molecule has 4 amide bonds. The Balaban J connectivity index is 2.82. The number of hydrogen-bond donors (Lipinski definition) is 0. The van der Waals surface area contributed by atoms with Crippen LogP contribution in [-0.4, -0.2) is 46.6 Å². The quantitative estimate of drug-likeness (QED) is 0.355. The molecule has 0 aromatic heterocycles. The number of alkyl halides is 1. The average Bonchev–Trinajstić information content (AvgIpc) is 2.35. The summed E-state index contributed by atoms with van der Waals surface area (Å²) < 4.78 is 0. The van der Waals surface area contributed by atoms with Crippen molar-refractivity contribution in [2.24, 2.45) is 0 Å². The molecule has 7 heteroatoms. The van der Waals surface area contributed by atoms with Crippen LogP contribution in [0.3, 0.4) is 0 Å². The molecule has 1 heterocycles. The number of nitrogens with zero attached hydrogens (tertiary/aromatic N) is 3. The number of hydrogen-bond acceptors (Lipinski definition) is 4. The van der Waals surface area contributed by atoms with Crippen molar-refractivity contribution in [2.75, 3.05) is 13.6 Å². The summed E-state index contributed by atoms with van der Waals surface area (Å²) in [5.74, 6) is -1.85. The fourth-order valence-electron chi connectivity index (χ4n) is 0.976. The third-order valence-corrected chi connectivity index (χ3v) is 1.97. The highest BCUT2D eigenvalue weighted by atomic mass is 35.5. The molecule has 0 aliphatic carbocycles. The van der Waals surface area contributed by atoms with Crippen LogP contribution in [0, 0.1) is 11.3 Å². The van der Waals surface area contributed by atoms with Gasteiger partial charge in [-0.25, -0.2) is 4.79 Å². The van der Waals surface area contributed by atoms with E-state index in [0.717, 1.165) is 0 Å². The second-order valence-corrected chi connectivity index (χ2v) is 3.19. The Labute approximate surface area is 84.6 Å². The number of amides is 4. The van der Waals surface area contributed by atoms with Crippen LogP contribution >= 0.6 is 11.6 Å². The fraction of sp³-hybridized carbons (Fsp3) is 0.429. The summed E-state index contributed by atoms with van der Waals surface area (Å²) in [6, 6.07) is 0.903. The summed E-state index contributed by atoms with van der Waals surface area (Å²) in [4.78, 5) is 34.7. The number of rotatable bonds is 2. The molecule has 1 aliphatic rings. The minimum Gasteiger partial charge on any atom is -0.263 e. The highest BCUT2D eigenvalue weighted by molar-refractivity contribution is 6.44. The summed E-state index contributed by atoms with van der Waals surface area (Å²) in [5.41, 5.74) is 0. The van der Waals surface area contributed by atoms with Crippen molar-refractivity contribution in [2.45, 2.75) is 5.38 Å². The van der Waals surface area contributed by atoms with Crippen LogP contribution in [0.5, 0.6) is 0 Å². The van der Waals surface area contributed by atoms with Crippen molar-refractivity contribution in [3.8, 4) is 6.07 Å². The molecule has 0 N–H and O–H groups in total. The second-order valence-electron chi connectivity index (χ2n) is 2.66. The number of urea groups is 1. The molecule has 0 aromatic carbocycles. The van der Waals surface area contributed by atoms with E-state index in [4.69, 9.17) is 16.9 Å². The maximum Gasteiger partial charge on any atom is 0.334 e. The van der Waals surface area contributed by atoms with E-state index >= 15 is 0 Å². The lowest BCUT2D eigenvalue weighted by molar-refractivity contribution is -0.142. The number of likely N-dealkylation sites (N-methyl/N-ethyl adjacent to an activating group) is 1. The molecule has 1 aliphatic heterocycles. The maximum atomic E-state index is 11.2. The molecule has 14 heavy (non-hydrogen) atoms. The van der Waals surface area contributed by atoms with E-state index in [-0.39, 0.29) is 6.54 Å². The van der Waals surface area contributed by atoms with Gasteiger partial charge < -0.3 is 0 Å².